The molecule has 2 heterocycles. The van der Waals surface area contributed by atoms with Crippen LogP contribution in [-0.4, -0.2) is 19.5 Å². The lowest BCUT2D eigenvalue weighted by molar-refractivity contribution is 1.08. The van der Waals surface area contributed by atoms with Crippen LogP contribution in [0.25, 0.3) is 106 Å². The molecule has 2 aromatic heterocycles. The number of nitrogens with zero attached hydrogens (tertiary/aromatic N) is 4. The molecule has 0 spiro atoms. The number of hydrogen-bond donors (Lipinski definition) is 0. The van der Waals surface area contributed by atoms with Crippen LogP contribution < -0.4 is 0 Å². The van der Waals surface area contributed by atoms with E-state index in [1.165, 1.54) is 27.4 Å². The zero-order chi connectivity index (χ0) is 39.1. The molecule has 11 rings (SSSR count). The van der Waals surface area contributed by atoms with Crippen molar-refractivity contribution in [1.82, 2.24) is 19.5 Å². The Morgan fingerprint density at radius 2 is 0.695 bits per heavy atom. The van der Waals surface area contributed by atoms with Gasteiger partial charge in [-0.25, -0.2) is 15.0 Å². The van der Waals surface area contributed by atoms with Gasteiger partial charge in [0.2, 0.25) is 0 Å². The molecule has 0 aliphatic heterocycles. The summed E-state index contributed by atoms with van der Waals surface area (Å²) in [5.41, 5.74) is 13.2. The van der Waals surface area contributed by atoms with Crippen LogP contribution in [0.4, 0.5) is 0 Å². The maximum absolute atomic E-state index is 5.24. The fourth-order valence-corrected chi connectivity index (χ4v) is 8.58. The average molecular weight is 753 g/mol. The van der Waals surface area contributed by atoms with Crippen LogP contribution in [-0.2, 0) is 0 Å². The van der Waals surface area contributed by atoms with Gasteiger partial charge in [-0.1, -0.05) is 188 Å². The Morgan fingerprint density at radius 3 is 1.37 bits per heavy atom. The largest absolute Gasteiger partial charge is 0.309 e. The van der Waals surface area contributed by atoms with Gasteiger partial charge in [-0.2, -0.15) is 0 Å². The van der Waals surface area contributed by atoms with Gasteiger partial charge in [0.15, 0.2) is 17.5 Å². The van der Waals surface area contributed by atoms with Gasteiger partial charge >= 0.3 is 0 Å². The fourth-order valence-electron chi connectivity index (χ4n) is 8.58. The molecule has 0 amide bonds. The number of aromatic nitrogens is 4. The topological polar surface area (TPSA) is 43.6 Å². The molecule has 0 fully saturated rings. The van der Waals surface area contributed by atoms with Crippen molar-refractivity contribution in [3.63, 3.8) is 0 Å². The summed E-state index contributed by atoms with van der Waals surface area (Å²) in [6, 6.07) is 77.0. The summed E-state index contributed by atoms with van der Waals surface area (Å²) in [5, 5.41) is 4.71. The van der Waals surface area contributed by atoms with E-state index in [1.54, 1.807) is 0 Å². The van der Waals surface area contributed by atoms with Gasteiger partial charge in [0.05, 0.1) is 16.7 Å². The molecule has 0 aliphatic carbocycles. The van der Waals surface area contributed by atoms with E-state index in [0.717, 1.165) is 61.0 Å². The number of benzene rings is 9. The van der Waals surface area contributed by atoms with Crippen LogP contribution in [0.5, 0.6) is 0 Å². The van der Waals surface area contributed by atoms with E-state index in [9.17, 15) is 0 Å². The SMILES string of the molecule is c1ccc(-c2nc(-c3ccccc3-c3ccccc3)nc(-c3ccc(-c4cccc(-c5ccccc5-n5c6ccccc6c6ccccc65)c4)c4ccccc34)n2)cc1. The first kappa shape index (κ1) is 34.3. The Balaban J connectivity index is 1.06. The summed E-state index contributed by atoms with van der Waals surface area (Å²) < 4.78 is 2.40. The van der Waals surface area contributed by atoms with Crippen LogP contribution in [0.15, 0.2) is 218 Å². The predicted octanol–water partition coefficient (Wildman–Crippen LogP) is 14.1. The highest BCUT2D eigenvalue weighted by atomic mass is 15.0. The number of hydrogen-bond acceptors (Lipinski definition) is 3. The number of fused-ring (bicyclic) bond motifs is 4. The standard InChI is InChI=1S/C55H36N4/c1-3-18-37(19-4-1)41-24-7-10-30-48(41)54-56-53(38-20-5-2-6-21-38)57-55(58-54)49-35-34-42(44-26-8-9-27-45(44)49)39-22-17-23-40(36-39)43-25-11-14-31-50(43)59-51-32-15-12-28-46(51)47-29-13-16-33-52(47)59/h1-36H. The predicted molar refractivity (Wildman–Crippen MR) is 244 cm³/mol. The Kier molecular flexibility index (Phi) is 8.45. The molecule has 4 nitrogen and oxygen atoms in total. The van der Waals surface area contributed by atoms with E-state index in [4.69, 9.17) is 15.0 Å². The second kappa shape index (κ2) is 14.5. The fraction of sp³-hybridized carbons (Fsp3) is 0. The Labute approximate surface area is 342 Å². The van der Waals surface area contributed by atoms with Crippen LogP contribution in [0.2, 0.25) is 0 Å². The Bertz CT molecular complexity index is 3280. The Morgan fingerprint density at radius 1 is 0.254 bits per heavy atom. The highest BCUT2D eigenvalue weighted by molar-refractivity contribution is 6.10. The zero-order valence-corrected chi connectivity index (χ0v) is 32.1. The molecule has 0 bridgehead atoms. The lowest BCUT2D eigenvalue weighted by Gasteiger charge is -2.16. The average Bonchev–Trinajstić information content (AvgIpc) is 3.66. The van der Waals surface area contributed by atoms with Crippen molar-refractivity contribution in [3.8, 4) is 73.2 Å². The maximum atomic E-state index is 5.24. The van der Waals surface area contributed by atoms with E-state index in [1.807, 2.05) is 30.3 Å². The molecule has 0 radical (unpaired) electrons. The van der Waals surface area contributed by atoms with Crippen molar-refractivity contribution in [3.05, 3.63) is 218 Å². The molecule has 59 heavy (non-hydrogen) atoms. The third-order valence-corrected chi connectivity index (χ3v) is 11.3. The quantitative estimate of drug-likeness (QED) is 0.163. The van der Waals surface area contributed by atoms with Gasteiger partial charge in [-0.05, 0) is 68.9 Å². The summed E-state index contributed by atoms with van der Waals surface area (Å²) in [6.45, 7) is 0. The molecule has 0 unspecified atom stereocenters. The lowest BCUT2D eigenvalue weighted by Crippen LogP contribution is -2.01. The third-order valence-electron chi connectivity index (χ3n) is 11.3. The van der Waals surface area contributed by atoms with Crippen LogP contribution >= 0.6 is 0 Å². The molecule has 0 N–H and O–H groups in total. The first-order chi connectivity index (χ1) is 29.3. The van der Waals surface area contributed by atoms with Crippen molar-refractivity contribution < 1.29 is 0 Å². The summed E-state index contributed by atoms with van der Waals surface area (Å²) in [7, 11) is 0. The van der Waals surface area contributed by atoms with Crippen LogP contribution in [0.3, 0.4) is 0 Å². The van der Waals surface area contributed by atoms with E-state index in [0.29, 0.717) is 17.5 Å². The highest BCUT2D eigenvalue weighted by Gasteiger charge is 2.19. The molecule has 0 atom stereocenters. The summed E-state index contributed by atoms with van der Waals surface area (Å²) in [4.78, 5) is 15.5. The number of rotatable bonds is 7. The van der Waals surface area contributed by atoms with Crippen molar-refractivity contribution in [2.75, 3.05) is 0 Å². The minimum Gasteiger partial charge on any atom is -0.309 e. The molecular weight excluding hydrogens is 717 g/mol. The molecular formula is C55H36N4. The van der Waals surface area contributed by atoms with Crippen molar-refractivity contribution in [2.45, 2.75) is 0 Å². The second-order valence-electron chi connectivity index (χ2n) is 14.8. The molecule has 276 valence electrons. The van der Waals surface area contributed by atoms with Crippen molar-refractivity contribution in [2.24, 2.45) is 0 Å². The van der Waals surface area contributed by atoms with Gasteiger partial charge < -0.3 is 4.57 Å². The molecule has 9 aromatic carbocycles. The summed E-state index contributed by atoms with van der Waals surface area (Å²) >= 11 is 0. The highest BCUT2D eigenvalue weighted by Crippen LogP contribution is 2.40. The Hall–Kier alpha value is -7.95. The van der Waals surface area contributed by atoms with Crippen molar-refractivity contribution in [1.29, 1.82) is 0 Å². The molecule has 0 saturated heterocycles. The minimum atomic E-state index is 0.633. The van der Waals surface area contributed by atoms with Gasteiger partial charge in [-0.15, -0.1) is 0 Å². The van der Waals surface area contributed by atoms with Crippen LogP contribution in [0, 0.1) is 0 Å². The maximum Gasteiger partial charge on any atom is 0.164 e. The normalized spacial score (nSPS) is 11.4. The zero-order valence-electron chi connectivity index (χ0n) is 32.1. The first-order valence-electron chi connectivity index (χ1n) is 20.0. The first-order valence-corrected chi connectivity index (χ1v) is 20.0. The van der Waals surface area contributed by atoms with Gasteiger partial charge in [0.25, 0.3) is 0 Å². The monoisotopic (exact) mass is 752 g/mol. The molecule has 0 aliphatic rings. The van der Waals surface area contributed by atoms with E-state index >= 15 is 0 Å². The van der Waals surface area contributed by atoms with E-state index in [-0.39, 0.29) is 0 Å². The van der Waals surface area contributed by atoms with Crippen LogP contribution in [0.1, 0.15) is 0 Å². The third kappa shape index (κ3) is 6.06. The minimum absolute atomic E-state index is 0.633. The smallest absolute Gasteiger partial charge is 0.164 e. The van der Waals surface area contributed by atoms with Gasteiger partial charge in [0, 0.05) is 33.0 Å². The summed E-state index contributed by atoms with van der Waals surface area (Å²) in [6.07, 6.45) is 0. The van der Waals surface area contributed by atoms with Crippen molar-refractivity contribution >= 4 is 32.6 Å². The molecule has 0 saturated carbocycles. The van der Waals surface area contributed by atoms with E-state index < -0.39 is 0 Å². The van der Waals surface area contributed by atoms with Gasteiger partial charge in [-0.3, -0.25) is 0 Å². The number of para-hydroxylation sites is 3. The second-order valence-corrected chi connectivity index (χ2v) is 14.8. The van der Waals surface area contributed by atoms with E-state index in [2.05, 4.69) is 193 Å². The van der Waals surface area contributed by atoms with Gasteiger partial charge in [0.1, 0.15) is 0 Å². The molecule has 4 heteroatoms. The molecule has 11 aromatic rings. The lowest BCUT2D eigenvalue weighted by atomic mass is 9.92. The summed E-state index contributed by atoms with van der Waals surface area (Å²) in [5.74, 6) is 1.90.